The van der Waals surface area contributed by atoms with Crippen molar-refractivity contribution in [3.63, 3.8) is 0 Å². The molecule has 0 radical (unpaired) electrons. The average Bonchev–Trinajstić information content (AvgIpc) is 2.46. The largest absolute Gasteiger partial charge is 0.299 e. The minimum atomic E-state index is 0.214. The Kier molecular flexibility index (Phi) is 5.62. The Balaban J connectivity index is 1.76. The number of ketones is 1. The van der Waals surface area contributed by atoms with E-state index in [4.69, 9.17) is 0 Å². The molecule has 0 aromatic heterocycles. The molecule has 0 spiro atoms. The van der Waals surface area contributed by atoms with Crippen molar-refractivity contribution in [1.82, 2.24) is 9.80 Å². The molecule has 0 N–H and O–H groups in total. The van der Waals surface area contributed by atoms with Gasteiger partial charge in [-0.2, -0.15) is 0 Å². The van der Waals surface area contributed by atoms with Gasteiger partial charge in [0.05, 0.1) is 0 Å². The van der Waals surface area contributed by atoms with E-state index in [1.165, 1.54) is 39.0 Å². The van der Waals surface area contributed by atoms with Crippen molar-refractivity contribution in [1.29, 1.82) is 0 Å². The van der Waals surface area contributed by atoms with E-state index in [1.54, 1.807) is 0 Å². The third-order valence-corrected chi connectivity index (χ3v) is 5.26. The molecule has 0 unspecified atom stereocenters. The molecule has 1 aliphatic heterocycles. The van der Waals surface area contributed by atoms with Crippen LogP contribution >= 0.6 is 0 Å². The van der Waals surface area contributed by atoms with Crippen molar-refractivity contribution >= 4 is 5.78 Å². The van der Waals surface area contributed by atoms with Gasteiger partial charge in [0.15, 0.2) is 0 Å². The van der Waals surface area contributed by atoms with Gasteiger partial charge in [-0.3, -0.25) is 14.6 Å². The number of hydrogen-bond donors (Lipinski definition) is 0. The molecule has 0 aromatic rings. The lowest BCUT2D eigenvalue weighted by Crippen LogP contribution is -2.52. The molecular weight excluding hydrogens is 248 g/mol. The van der Waals surface area contributed by atoms with Gasteiger partial charge >= 0.3 is 0 Å². The number of carbonyl (C=O) groups is 1. The normalized spacial score (nSPS) is 30.1. The SMILES string of the molecule is CC(C)C(=O)C1CCC(N2CCN(C(C)C)CC2)CC1. The Morgan fingerprint density at radius 1 is 0.900 bits per heavy atom. The molecule has 1 heterocycles. The summed E-state index contributed by atoms with van der Waals surface area (Å²) in [5, 5.41) is 0. The Labute approximate surface area is 124 Å². The van der Waals surface area contributed by atoms with Crippen LogP contribution in [0.2, 0.25) is 0 Å². The third kappa shape index (κ3) is 3.82. The number of rotatable bonds is 4. The van der Waals surface area contributed by atoms with Crippen LogP contribution in [0.15, 0.2) is 0 Å². The summed E-state index contributed by atoms with van der Waals surface area (Å²) in [5.74, 6) is 1.06. The molecule has 0 amide bonds. The molecule has 3 nitrogen and oxygen atoms in total. The fourth-order valence-corrected chi connectivity index (χ4v) is 3.82. The highest BCUT2D eigenvalue weighted by molar-refractivity contribution is 5.82. The Hall–Kier alpha value is -0.410. The number of piperazine rings is 1. The zero-order valence-electron chi connectivity index (χ0n) is 13.8. The van der Waals surface area contributed by atoms with Crippen LogP contribution in [0.1, 0.15) is 53.4 Å². The molecule has 0 atom stereocenters. The summed E-state index contributed by atoms with van der Waals surface area (Å²) in [4.78, 5) is 17.3. The maximum absolute atomic E-state index is 12.1. The van der Waals surface area contributed by atoms with Gasteiger partial charge in [-0.15, -0.1) is 0 Å². The van der Waals surface area contributed by atoms with Crippen LogP contribution < -0.4 is 0 Å². The average molecular weight is 280 g/mol. The summed E-state index contributed by atoms with van der Waals surface area (Å²) in [5.41, 5.74) is 0. The van der Waals surface area contributed by atoms with Crippen molar-refractivity contribution in [3.8, 4) is 0 Å². The standard InChI is InChI=1S/C17H32N2O/c1-13(2)17(20)15-5-7-16(8-6-15)19-11-9-18(10-12-19)14(3)4/h13-16H,5-12H2,1-4H3. The fourth-order valence-electron chi connectivity index (χ4n) is 3.82. The van der Waals surface area contributed by atoms with E-state index in [0.29, 0.717) is 17.7 Å². The van der Waals surface area contributed by atoms with Gasteiger partial charge in [-0.25, -0.2) is 0 Å². The second kappa shape index (κ2) is 7.04. The van der Waals surface area contributed by atoms with E-state index in [-0.39, 0.29) is 5.92 Å². The zero-order chi connectivity index (χ0) is 14.7. The van der Waals surface area contributed by atoms with Crippen LogP contribution in [0.25, 0.3) is 0 Å². The van der Waals surface area contributed by atoms with Crippen LogP contribution in [-0.2, 0) is 4.79 Å². The lowest BCUT2D eigenvalue weighted by Gasteiger charge is -2.43. The second-order valence-electron chi connectivity index (χ2n) is 7.23. The quantitative estimate of drug-likeness (QED) is 0.791. The van der Waals surface area contributed by atoms with Crippen LogP contribution in [0.4, 0.5) is 0 Å². The van der Waals surface area contributed by atoms with Crippen molar-refractivity contribution in [2.24, 2.45) is 11.8 Å². The summed E-state index contributed by atoms with van der Waals surface area (Å²) in [6.07, 6.45) is 4.69. The number of Topliss-reactive ketones (excluding diaryl/α,β-unsaturated/α-hetero) is 1. The van der Waals surface area contributed by atoms with E-state index in [1.807, 2.05) is 13.8 Å². The lowest BCUT2D eigenvalue weighted by molar-refractivity contribution is -0.127. The molecule has 0 bridgehead atoms. The minimum absolute atomic E-state index is 0.214. The lowest BCUT2D eigenvalue weighted by atomic mass is 9.80. The molecule has 116 valence electrons. The molecule has 0 aromatic carbocycles. The highest BCUT2D eigenvalue weighted by Gasteiger charge is 2.31. The second-order valence-corrected chi connectivity index (χ2v) is 7.23. The minimum Gasteiger partial charge on any atom is -0.299 e. The number of hydrogen-bond acceptors (Lipinski definition) is 3. The predicted molar refractivity (Wildman–Crippen MR) is 83.9 cm³/mol. The highest BCUT2D eigenvalue weighted by atomic mass is 16.1. The van der Waals surface area contributed by atoms with Gasteiger partial charge in [-0.05, 0) is 39.5 Å². The van der Waals surface area contributed by atoms with Crippen molar-refractivity contribution in [3.05, 3.63) is 0 Å². The Morgan fingerprint density at radius 3 is 1.90 bits per heavy atom. The predicted octanol–water partition coefficient (Wildman–Crippen LogP) is 2.80. The molecule has 3 heteroatoms. The molecule has 2 fully saturated rings. The van der Waals surface area contributed by atoms with Crippen LogP contribution in [0.5, 0.6) is 0 Å². The summed E-state index contributed by atoms with van der Waals surface area (Å²) in [6.45, 7) is 13.5. The molecular formula is C17H32N2O. The summed E-state index contributed by atoms with van der Waals surface area (Å²) < 4.78 is 0. The van der Waals surface area contributed by atoms with Gasteiger partial charge in [-0.1, -0.05) is 13.8 Å². The Bertz CT molecular complexity index is 311. The Morgan fingerprint density at radius 2 is 1.45 bits per heavy atom. The van der Waals surface area contributed by atoms with Crippen molar-refractivity contribution in [2.45, 2.75) is 65.5 Å². The van der Waals surface area contributed by atoms with E-state index < -0.39 is 0 Å². The summed E-state index contributed by atoms with van der Waals surface area (Å²) in [7, 11) is 0. The molecule has 1 saturated carbocycles. The van der Waals surface area contributed by atoms with Gasteiger partial charge < -0.3 is 0 Å². The van der Waals surface area contributed by atoms with E-state index >= 15 is 0 Å². The number of nitrogens with zero attached hydrogens (tertiary/aromatic N) is 2. The third-order valence-electron chi connectivity index (χ3n) is 5.26. The molecule has 1 saturated heterocycles. The first-order valence-electron chi connectivity index (χ1n) is 8.51. The maximum Gasteiger partial charge on any atom is 0.138 e. The van der Waals surface area contributed by atoms with Crippen LogP contribution in [-0.4, -0.2) is 53.8 Å². The molecule has 1 aliphatic carbocycles. The topological polar surface area (TPSA) is 23.6 Å². The fraction of sp³-hybridized carbons (Fsp3) is 0.941. The summed E-state index contributed by atoms with van der Waals surface area (Å²) >= 11 is 0. The van der Waals surface area contributed by atoms with Gasteiger partial charge in [0.25, 0.3) is 0 Å². The first kappa shape index (κ1) is 16.0. The van der Waals surface area contributed by atoms with E-state index in [2.05, 4.69) is 23.6 Å². The smallest absolute Gasteiger partial charge is 0.138 e. The number of carbonyl (C=O) groups excluding carboxylic acids is 1. The van der Waals surface area contributed by atoms with E-state index in [0.717, 1.165) is 18.9 Å². The van der Waals surface area contributed by atoms with Crippen molar-refractivity contribution in [2.75, 3.05) is 26.2 Å². The van der Waals surface area contributed by atoms with Crippen LogP contribution in [0.3, 0.4) is 0 Å². The molecule has 2 aliphatic rings. The summed E-state index contributed by atoms with van der Waals surface area (Å²) in [6, 6.07) is 1.41. The monoisotopic (exact) mass is 280 g/mol. The van der Waals surface area contributed by atoms with Crippen LogP contribution in [0, 0.1) is 11.8 Å². The van der Waals surface area contributed by atoms with E-state index in [9.17, 15) is 4.79 Å². The van der Waals surface area contributed by atoms with Gasteiger partial charge in [0.1, 0.15) is 5.78 Å². The molecule has 2 rings (SSSR count). The molecule has 20 heavy (non-hydrogen) atoms. The first-order valence-corrected chi connectivity index (χ1v) is 8.51. The highest BCUT2D eigenvalue weighted by Crippen LogP contribution is 2.30. The van der Waals surface area contributed by atoms with Gasteiger partial charge in [0, 0.05) is 50.1 Å². The van der Waals surface area contributed by atoms with Gasteiger partial charge in [0.2, 0.25) is 0 Å². The van der Waals surface area contributed by atoms with Crippen molar-refractivity contribution < 1.29 is 4.79 Å². The zero-order valence-corrected chi connectivity index (χ0v) is 13.8. The maximum atomic E-state index is 12.1. The first-order chi connectivity index (χ1) is 9.49.